The van der Waals surface area contributed by atoms with Gasteiger partial charge in [-0.3, -0.25) is 9.69 Å². The first-order valence-electron chi connectivity index (χ1n) is 6.37. The van der Waals surface area contributed by atoms with Gasteiger partial charge in [-0.25, -0.2) is 9.97 Å². The predicted octanol–water partition coefficient (Wildman–Crippen LogP) is 0.999. The van der Waals surface area contributed by atoms with E-state index in [1.54, 1.807) is 23.2 Å². The minimum Gasteiger partial charge on any atom is -0.399 e. The molecule has 0 saturated carbocycles. The highest BCUT2D eigenvalue weighted by Gasteiger charge is 2.29. The van der Waals surface area contributed by atoms with Crippen LogP contribution < -0.4 is 16.0 Å². The van der Waals surface area contributed by atoms with Crippen LogP contribution in [0.2, 0.25) is 0 Å². The molecule has 1 aliphatic rings. The lowest BCUT2D eigenvalue weighted by Gasteiger charge is -2.17. The van der Waals surface area contributed by atoms with Gasteiger partial charge in [0.05, 0.1) is 18.7 Å². The first-order chi connectivity index (χ1) is 9.69. The van der Waals surface area contributed by atoms with Gasteiger partial charge in [-0.15, -0.1) is 0 Å². The molecule has 1 amide bonds. The molecule has 3 N–H and O–H groups in total. The molecule has 1 aliphatic heterocycles. The van der Waals surface area contributed by atoms with Crippen molar-refractivity contribution in [3.05, 3.63) is 41.9 Å². The lowest BCUT2D eigenvalue weighted by atomic mass is 10.1. The molecule has 6 heteroatoms. The van der Waals surface area contributed by atoms with Gasteiger partial charge in [-0.05, 0) is 36.9 Å². The molecule has 20 heavy (non-hydrogen) atoms. The lowest BCUT2D eigenvalue weighted by Crippen LogP contribution is -2.23. The number of hydrogen-bond donors (Lipinski definition) is 2. The lowest BCUT2D eigenvalue weighted by molar-refractivity contribution is -0.116. The molecule has 0 spiro atoms. The zero-order valence-electron chi connectivity index (χ0n) is 11.1. The molecule has 0 bridgehead atoms. The van der Waals surface area contributed by atoms with E-state index in [1.807, 2.05) is 19.2 Å². The molecule has 0 saturated heterocycles. The predicted molar refractivity (Wildman–Crippen MR) is 76.5 cm³/mol. The van der Waals surface area contributed by atoms with Crippen LogP contribution in [0.3, 0.4) is 0 Å². The summed E-state index contributed by atoms with van der Waals surface area (Å²) in [5, 5.41) is 2.99. The number of carbonyl (C=O) groups is 1. The highest BCUT2D eigenvalue weighted by Crippen LogP contribution is 2.35. The van der Waals surface area contributed by atoms with E-state index in [1.165, 1.54) is 0 Å². The number of aromatic nitrogens is 2. The van der Waals surface area contributed by atoms with Gasteiger partial charge < -0.3 is 11.1 Å². The van der Waals surface area contributed by atoms with Gasteiger partial charge >= 0.3 is 0 Å². The van der Waals surface area contributed by atoms with Gasteiger partial charge in [-0.1, -0.05) is 0 Å². The van der Waals surface area contributed by atoms with E-state index in [2.05, 4.69) is 15.3 Å². The number of carbonyl (C=O) groups excluding carboxylic acids is 1. The Balaban J connectivity index is 2.03. The second kappa shape index (κ2) is 4.90. The van der Waals surface area contributed by atoms with Gasteiger partial charge in [0.15, 0.2) is 0 Å². The molecule has 1 aromatic heterocycles. The fourth-order valence-electron chi connectivity index (χ4n) is 2.35. The van der Waals surface area contributed by atoms with Crippen molar-refractivity contribution in [1.82, 2.24) is 15.3 Å². The summed E-state index contributed by atoms with van der Waals surface area (Å²) in [5.74, 6) is 1.25. The van der Waals surface area contributed by atoms with Crippen LogP contribution in [0.15, 0.2) is 30.5 Å². The molecule has 0 radical (unpaired) electrons. The van der Waals surface area contributed by atoms with Crippen molar-refractivity contribution >= 4 is 23.1 Å². The monoisotopic (exact) mass is 269 g/mol. The van der Waals surface area contributed by atoms with Gasteiger partial charge in [0.1, 0.15) is 11.6 Å². The van der Waals surface area contributed by atoms with Crippen molar-refractivity contribution in [2.75, 3.05) is 17.7 Å². The Labute approximate surface area is 116 Å². The Morgan fingerprint density at radius 2 is 2.25 bits per heavy atom. The summed E-state index contributed by atoms with van der Waals surface area (Å²) in [7, 11) is 1.83. The quantitative estimate of drug-likeness (QED) is 0.812. The Kier molecular flexibility index (Phi) is 3.08. The highest BCUT2D eigenvalue weighted by atomic mass is 16.2. The smallest absolute Gasteiger partial charge is 0.237 e. The normalized spacial score (nSPS) is 13.7. The summed E-state index contributed by atoms with van der Waals surface area (Å²) in [6.07, 6.45) is 2.02. The van der Waals surface area contributed by atoms with Crippen molar-refractivity contribution in [3.63, 3.8) is 0 Å². The zero-order valence-corrected chi connectivity index (χ0v) is 11.1. The van der Waals surface area contributed by atoms with Crippen LogP contribution in [-0.2, 0) is 17.8 Å². The Hall–Kier alpha value is -2.47. The maximum absolute atomic E-state index is 12.2. The number of fused-ring (bicyclic) bond motifs is 1. The first-order valence-corrected chi connectivity index (χ1v) is 6.37. The minimum absolute atomic E-state index is 0.000271. The molecule has 102 valence electrons. The largest absolute Gasteiger partial charge is 0.399 e. The fourth-order valence-corrected chi connectivity index (χ4v) is 2.35. The Morgan fingerprint density at radius 3 is 3.05 bits per heavy atom. The topological polar surface area (TPSA) is 84.1 Å². The van der Waals surface area contributed by atoms with E-state index in [0.717, 1.165) is 11.3 Å². The summed E-state index contributed by atoms with van der Waals surface area (Å²) in [6, 6.07) is 7.22. The molecular weight excluding hydrogens is 254 g/mol. The van der Waals surface area contributed by atoms with Crippen LogP contribution in [0.25, 0.3) is 0 Å². The average molecular weight is 269 g/mol. The molecule has 2 heterocycles. The molecule has 0 unspecified atom stereocenters. The third-order valence-corrected chi connectivity index (χ3v) is 3.19. The first kappa shape index (κ1) is 12.6. The summed E-state index contributed by atoms with van der Waals surface area (Å²) >= 11 is 0. The number of nitrogens with zero attached hydrogens (tertiary/aromatic N) is 3. The number of benzene rings is 1. The van der Waals surface area contributed by atoms with Gasteiger partial charge in [-0.2, -0.15) is 0 Å². The molecule has 0 atom stereocenters. The number of nitrogens with two attached hydrogens (primary N) is 1. The summed E-state index contributed by atoms with van der Waals surface area (Å²) in [6.45, 7) is 0.560. The van der Waals surface area contributed by atoms with Crippen LogP contribution in [0.5, 0.6) is 0 Å². The molecule has 6 nitrogen and oxygen atoms in total. The SMILES string of the molecule is CNCc1nccc(N2C(=O)Cc3cc(N)ccc32)n1. The summed E-state index contributed by atoms with van der Waals surface area (Å²) in [4.78, 5) is 22.4. The highest BCUT2D eigenvalue weighted by molar-refractivity contribution is 6.06. The second-order valence-electron chi connectivity index (χ2n) is 4.66. The number of amides is 1. The molecule has 1 aromatic carbocycles. The third kappa shape index (κ3) is 2.10. The Bertz CT molecular complexity index is 670. The van der Waals surface area contributed by atoms with E-state index in [4.69, 9.17) is 5.73 Å². The van der Waals surface area contributed by atoms with Gasteiger partial charge in [0, 0.05) is 11.9 Å². The van der Waals surface area contributed by atoms with Gasteiger partial charge in [0.25, 0.3) is 0 Å². The van der Waals surface area contributed by atoms with Crippen molar-refractivity contribution in [2.24, 2.45) is 0 Å². The van der Waals surface area contributed by atoms with E-state index >= 15 is 0 Å². The Morgan fingerprint density at radius 1 is 1.40 bits per heavy atom. The maximum Gasteiger partial charge on any atom is 0.237 e. The van der Waals surface area contributed by atoms with E-state index in [-0.39, 0.29) is 5.91 Å². The van der Waals surface area contributed by atoms with Crippen molar-refractivity contribution < 1.29 is 4.79 Å². The number of nitrogen functional groups attached to an aromatic ring is 1. The minimum atomic E-state index is -0.000271. The van der Waals surface area contributed by atoms with Crippen molar-refractivity contribution in [2.45, 2.75) is 13.0 Å². The molecule has 0 aliphatic carbocycles. The number of anilines is 3. The molecular formula is C14H15N5O. The maximum atomic E-state index is 12.2. The average Bonchev–Trinajstić information content (AvgIpc) is 2.74. The van der Waals surface area contributed by atoms with Crippen LogP contribution in [0.1, 0.15) is 11.4 Å². The third-order valence-electron chi connectivity index (χ3n) is 3.19. The molecule has 3 rings (SSSR count). The standard InChI is InChI=1S/C14H15N5O/c1-16-8-12-17-5-4-13(18-12)19-11-3-2-10(15)6-9(11)7-14(19)20/h2-6,16H,7-8,15H2,1H3. The summed E-state index contributed by atoms with van der Waals surface area (Å²) < 4.78 is 0. The van der Waals surface area contributed by atoms with Crippen LogP contribution in [-0.4, -0.2) is 22.9 Å². The van der Waals surface area contributed by atoms with Crippen molar-refractivity contribution in [1.29, 1.82) is 0 Å². The molecule has 2 aromatic rings. The second-order valence-corrected chi connectivity index (χ2v) is 4.66. The summed E-state index contributed by atoms with van der Waals surface area (Å²) in [5.41, 5.74) is 8.20. The van der Waals surface area contributed by atoms with Crippen molar-refractivity contribution in [3.8, 4) is 0 Å². The fraction of sp³-hybridized carbons (Fsp3) is 0.214. The number of nitrogens with one attached hydrogen (secondary N) is 1. The molecule has 0 fully saturated rings. The number of hydrogen-bond acceptors (Lipinski definition) is 5. The van der Waals surface area contributed by atoms with E-state index in [0.29, 0.717) is 30.3 Å². The zero-order chi connectivity index (χ0) is 14.1. The number of rotatable bonds is 3. The van der Waals surface area contributed by atoms with Crippen LogP contribution in [0, 0.1) is 0 Å². The van der Waals surface area contributed by atoms with Crippen LogP contribution >= 0.6 is 0 Å². The van der Waals surface area contributed by atoms with E-state index < -0.39 is 0 Å². The van der Waals surface area contributed by atoms with Gasteiger partial charge in [0.2, 0.25) is 5.91 Å². The van der Waals surface area contributed by atoms with E-state index in [9.17, 15) is 4.79 Å². The van der Waals surface area contributed by atoms with Crippen LogP contribution in [0.4, 0.5) is 17.2 Å².